The average molecular weight is 425 g/mol. The molecule has 2 heterocycles. The maximum atomic E-state index is 12.5. The number of para-hydroxylation sites is 1. The van der Waals surface area contributed by atoms with Crippen LogP contribution in [0.1, 0.15) is 29.8 Å². The third kappa shape index (κ3) is 5.45. The van der Waals surface area contributed by atoms with Gasteiger partial charge in [-0.15, -0.1) is 11.3 Å². The van der Waals surface area contributed by atoms with E-state index < -0.39 is 0 Å². The van der Waals surface area contributed by atoms with Gasteiger partial charge in [0.05, 0.1) is 10.2 Å². The quantitative estimate of drug-likeness (QED) is 0.503. The van der Waals surface area contributed by atoms with Crippen molar-refractivity contribution in [3.63, 3.8) is 0 Å². The summed E-state index contributed by atoms with van der Waals surface area (Å²) in [6.45, 7) is 8.77. The number of hydrogen-bond donors (Lipinski definition) is 3. The Balaban J connectivity index is 1.20. The molecule has 1 aromatic heterocycles. The summed E-state index contributed by atoms with van der Waals surface area (Å²) in [5.41, 5.74) is 2.42. The van der Waals surface area contributed by atoms with Crippen LogP contribution in [0.4, 0.5) is 0 Å². The molecule has 0 bridgehead atoms. The standard InChI is InChI=1S/C24H30N4OS/c1-2-19(20-8-4-3-5-9-20)16-25-23(29)17-27-12-14-28(15-13-27)18-24-26-21-10-6-7-11-22(21)30-24/h3-11,19H,2,12-18H2,1H3,(H,25,29)/p+2/t19-/m1/s1. The number of rotatable bonds is 8. The fourth-order valence-electron chi connectivity index (χ4n) is 4.27. The molecule has 1 amide bonds. The normalized spacial score (nSPS) is 20.2. The molecule has 3 aromatic rings. The van der Waals surface area contributed by atoms with Crippen LogP contribution in [-0.4, -0.2) is 50.2 Å². The Morgan fingerprint density at radius 1 is 1.03 bits per heavy atom. The first-order valence-corrected chi connectivity index (χ1v) is 11.9. The molecule has 1 saturated heterocycles. The molecule has 4 rings (SSSR count). The van der Waals surface area contributed by atoms with Gasteiger partial charge in [-0.05, 0) is 24.1 Å². The van der Waals surface area contributed by atoms with Crippen LogP contribution >= 0.6 is 11.3 Å². The molecule has 1 aliphatic rings. The third-order valence-corrected chi connectivity index (χ3v) is 7.16. The van der Waals surface area contributed by atoms with Crippen molar-refractivity contribution in [1.82, 2.24) is 10.3 Å². The van der Waals surface area contributed by atoms with Crippen molar-refractivity contribution < 1.29 is 14.6 Å². The van der Waals surface area contributed by atoms with Gasteiger partial charge >= 0.3 is 0 Å². The number of benzene rings is 2. The smallest absolute Gasteiger partial charge is 0.275 e. The number of piperazine rings is 1. The molecular weight excluding hydrogens is 392 g/mol. The first-order chi connectivity index (χ1) is 14.7. The number of hydrogen-bond acceptors (Lipinski definition) is 3. The fraction of sp³-hybridized carbons (Fsp3) is 0.417. The van der Waals surface area contributed by atoms with Gasteiger partial charge in [-0.25, -0.2) is 4.98 Å². The number of amides is 1. The molecule has 1 atom stereocenters. The summed E-state index contributed by atoms with van der Waals surface area (Å²) in [6, 6.07) is 18.8. The van der Waals surface area contributed by atoms with Crippen LogP contribution < -0.4 is 15.1 Å². The molecule has 5 nitrogen and oxygen atoms in total. The van der Waals surface area contributed by atoms with Crippen molar-refractivity contribution in [2.45, 2.75) is 25.8 Å². The lowest BCUT2D eigenvalue weighted by Gasteiger charge is -2.29. The van der Waals surface area contributed by atoms with Crippen molar-refractivity contribution in [3.05, 3.63) is 65.2 Å². The Morgan fingerprint density at radius 2 is 1.73 bits per heavy atom. The van der Waals surface area contributed by atoms with Crippen LogP contribution in [0.25, 0.3) is 10.2 Å². The lowest BCUT2D eigenvalue weighted by atomic mass is 9.96. The predicted octanol–water partition coefficient (Wildman–Crippen LogP) is 0.890. The summed E-state index contributed by atoms with van der Waals surface area (Å²) in [5.74, 6) is 0.564. The molecule has 0 saturated carbocycles. The highest BCUT2D eigenvalue weighted by molar-refractivity contribution is 7.18. The average Bonchev–Trinajstić information content (AvgIpc) is 3.18. The van der Waals surface area contributed by atoms with Crippen molar-refractivity contribution in [3.8, 4) is 0 Å². The molecule has 3 N–H and O–H groups in total. The summed E-state index contributed by atoms with van der Waals surface area (Å²) in [6.07, 6.45) is 1.03. The van der Waals surface area contributed by atoms with E-state index >= 15 is 0 Å². The second-order valence-electron chi connectivity index (χ2n) is 8.25. The molecule has 0 aliphatic carbocycles. The molecule has 0 unspecified atom stereocenters. The molecule has 2 aromatic carbocycles. The van der Waals surface area contributed by atoms with Crippen molar-refractivity contribution in [2.24, 2.45) is 0 Å². The van der Waals surface area contributed by atoms with Gasteiger partial charge in [0.2, 0.25) is 0 Å². The monoisotopic (exact) mass is 424 g/mol. The SMILES string of the molecule is CC[C@H](CNC(=O)C[NH+]1CC[NH+](Cc2nc3ccccc3s2)CC1)c1ccccc1. The van der Waals surface area contributed by atoms with Crippen LogP contribution in [0, 0.1) is 0 Å². The molecule has 6 heteroatoms. The number of thiazole rings is 1. The summed E-state index contributed by atoms with van der Waals surface area (Å²) in [4.78, 5) is 20.2. The fourth-order valence-corrected chi connectivity index (χ4v) is 5.31. The predicted molar refractivity (Wildman–Crippen MR) is 122 cm³/mol. The van der Waals surface area contributed by atoms with E-state index in [-0.39, 0.29) is 5.91 Å². The minimum Gasteiger partial charge on any atom is -0.351 e. The Labute approximate surface area is 182 Å². The zero-order valence-electron chi connectivity index (χ0n) is 17.7. The van der Waals surface area contributed by atoms with Gasteiger partial charge < -0.3 is 15.1 Å². The highest BCUT2D eigenvalue weighted by Gasteiger charge is 2.26. The summed E-state index contributed by atoms with van der Waals surface area (Å²) >= 11 is 1.81. The van der Waals surface area contributed by atoms with E-state index in [1.807, 2.05) is 17.4 Å². The van der Waals surface area contributed by atoms with E-state index in [2.05, 4.69) is 60.8 Å². The zero-order chi connectivity index (χ0) is 20.8. The largest absolute Gasteiger partial charge is 0.351 e. The number of aromatic nitrogens is 1. The number of quaternary nitrogens is 2. The van der Waals surface area contributed by atoms with Crippen LogP contribution in [0.5, 0.6) is 0 Å². The molecule has 1 fully saturated rings. The van der Waals surface area contributed by atoms with Crippen molar-refractivity contribution in [1.29, 1.82) is 0 Å². The Morgan fingerprint density at radius 3 is 2.47 bits per heavy atom. The van der Waals surface area contributed by atoms with Gasteiger partial charge in [0, 0.05) is 12.5 Å². The topological polar surface area (TPSA) is 50.9 Å². The Kier molecular flexibility index (Phi) is 7.10. The van der Waals surface area contributed by atoms with Crippen LogP contribution in [-0.2, 0) is 11.3 Å². The number of nitrogens with zero attached hydrogens (tertiary/aromatic N) is 1. The zero-order valence-corrected chi connectivity index (χ0v) is 18.5. The van der Waals surface area contributed by atoms with Crippen molar-refractivity contribution in [2.75, 3.05) is 39.3 Å². The van der Waals surface area contributed by atoms with E-state index in [9.17, 15) is 4.79 Å². The second kappa shape index (κ2) is 10.2. The van der Waals surface area contributed by atoms with Gasteiger partial charge in [0.1, 0.15) is 37.7 Å². The number of carbonyl (C=O) groups is 1. The lowest BCUT2D eigenvalue weighted by Crippen LogP contribution is -3.28. The molecule has 0 radical (unpaired) electrons. The van der Waals surface area contributed by atoms with E-state index in [0.29, 0.717) is 12.5 Å². The van der Waals surface area contributed by atoms with Crippen LogP contribution in [0.3, 0.4) is 0 Å². The van der Waals surface area contributed by atoms with Crippen molar-refractivity contribution >= 4 is 27.5 Å². The van der Waals surface area contributed by atoms with E-state index in [1.54, 1.807) is 4.90 Å². The Hall–Kier alpha value is -2.28. The minimum absolute atomic E-state index is 0.175. The maximum Gasteiger partial charge on any atom is 0.275 e. The summed E-state index contributed by atoms with van der Waals surface area (Å²) < 4.78 is 1.27. The van der Waals surface area contributed by atoms with E-state index in [0.717, 1.165) is 51.2 Å². The first kappa shape index (κ1) is 21.0. The van der Waals surface area contributed by atoms with Gasteiger partial charge in [0.25, 0.3) is 5.91 Å². The molecular formula is C24H32N4OS+2. The summed E-state index contributed by atoms with van der Waals surface area (Å²) in [5, 5.41) is 4.39. The molecule has 0 spiro atoms. The van der Waals surface area contributed by atoms with Gasteiger partial charge in [-0.1, -0.05) is 49.4 Å². The molecule has 158 valence electrons. The number of carbonyl (C=O) groups excluding carboxylic acids is 1. The Bertz CT molecular complexity index is 917. The maximum absolute atomic E-state index is 12.5. The number of nitrogens with one attached hydrogen (secondary N) is 3. The third-order valence-electron chi connectivity index (χ3n) is 6.12. The van der Waals surface area contributed by atoms with Gasteiger partial charge in [0.15, 0.2) is 6.54 Å². The van der Waals surface area contributed by atoms with Gasteiger partial charge in [-0.3, -0.25) is 4.79 Å². The van der Waals surface area contributed by atoms with E-state index in [4.69, 9.17) is 4.98 Å². The van der Waals surface area contributed by atoms with Gasteiger partial charge in [-0.2, -0.15) is 0 Å². The highest BCUT2D eigenvalue weighted by Crippen LogP contribution is 2.20. The summed E-state index contributed by atoms with van der Waals surface area (Å²) in [7, 11) is 0. The molecule has 1 aliphatic heterocycles. The van der Waals surface area contributed by atoms with Crippen LogP contribution in [0.15, 0.2) is 54.6 Å². The highest BCUT2D eigenvalue weighted by atomic mass is 32.1. The second-order valence-corrected chi connectivity index (χ2v) is 9.36. The minimum atomic E-state index is 0.175. The van der Waals surface area contributed by atoms with E-state index in [1.165, 1.54) is 20.2 Å². The lowest BCUT2D eigenvalue weighted by molar-refractivity contribution is -1.02. The van der Waals surface area contributed by atoms with Crippen LogP contribution in [0.2, 0.25) is 0 Å². The first-order valence-electron chi connectivity index (χ1n) is 11.0. The number of fused-ring (bicyclic) bond motifs is 1. The molecule has 30 heavy (non-hydrogen) atoms.